The van der Waals surface area contributed by atoms with Gasteiger partial charge in [0.15, 0.2) is 5.82 Å². The van der Waals surface area contributed by atoms with Crippen LogP contribution in [0.5, 0.6) is 0 Å². The molecule has 0 fully saturated rings. The molecule has 0 unspecified atom stereocenters. The van der Waals surface area contributed by atoms with Crippen molar-refractivity contribution >= 4 is 5.97 Å². The van der Waals surface area contributed by atoms with E-state index in [0.29, 0.717) is 37.0 Å². The maximum Gasteiger partial charge on any atom is 0.373 e. The first-order valence-electron chi connectivity index (χ1n) is 5.86. The van der Waals surface area contributed by atoms with Crippen LogP contribution in [0.25, 0.3) is 0 Å². The molecule has 7 nitrogen and oxygen atoms in total. The Morgan fingerprint density at radius 3 is 3.00 bits per heavy atom. The summed E-state index contributed by atoms with van der Waals surface area (Å²) in [7, 11) is 1.31. The highest BCUT2D eigenvalue weighted by molar-refractivity contribution is 5.86. The number of carbonyl (C=O) groups excluding carboxylic acids is 1. The quantitative estimate of drug-likeness (QED) is 0.617. The lowest BCUT2D eigenvalue weighted by molar-refractivity contribution is 0.0563. The van der Waals surface area contributed by atoms with Crippen molar-refractivity contribution in [2.24, 2.45) is 0 Å². The van der Waals surface area contributed by atoms with Crippen LogP contribution < -0.4 is 5.32 Å². The Morgan fingerprint density at radius 1 is 1.47 bits per heavy atom. The third kappa shape index (κ3) is 3.65. The molecule has 1 N–H and O–H groups in total. The number of hydrogen-bond acceptors (Lipinski definition) is 7. The predicted octanol–water partition coefficient (Wildman–Crippen LogP) is 1.09. The molecular weight excluding hydrogens is 250 g/mol. The smallest absolute Gasteiger partial charge is 0.373 e. The van der Waals surface area contributed by atoms with Crippen molar-refractivity contribution in [1.29, 1.82) is 0 Å². The third-order valence-electron chi connectivity index (χ3n) is 2.43. The summed E-state index contributed by atoms with van der Waals surface area (Å²) in [5, 5.41) is 6.86. The molecular formula is C12H15N3O4. The summed E-state index contributed by atoms with van der Waals surface area (Å²) in [5.41, 5.74) is 0. The minimum absolute atomic E-state index is 0.201. The van der Waals surface area contributed by atoms with Gasteiger partial charge in [-0.25, -0.2) is 4.79 Å². The molecule has 0 aromatic carbocycles. The molecule has 0 amide bonds. The fourth-order valence-corrected chi connectivity index (χ4v) is 1.53. The Hall–Kier alpha value is -2.15. The molecule has 0 radical (unpaired) electrons. The molecule has 2 heterocycles. The average Bonchev–Trinajstić information content (AvgIpc) is 3.03. The van der Waals surface area contributed by atoms with Gasteiger partial charge in [0.1, 0.15) is 5.76 Å². The summed E-state index contributed by atoms with van der Waals surface area (Å²) in [5.74, 6) is 1.62. The number of aryl methyl sites for hydroxylation is 1. The van der Waals surface area contributed by atoms with Crippen molar-refractivity contribution < 1.29 is 18.5 Å². The van der Waals surface area contributed by atoms with E-state index in [0.717, 1.165) is 0 Å². The second-order valence-electron chi connectivity index (χ2n) is 3.92. The number of esters is 1. The molecule has 7 heteroatoms. The van der Waals surface area contributed by atoms with E-state index in [1.807, 2.05) is 0 Å². The molecule has 2 rings (SSSR count). The van der Waals surface area contributed by atoms with Crippen LogP contribution in [-0.4, -0.2) is 29.8 Å². The number of nitrogens with one attached hydrogen (secondary N) is 1. The summed E-state index contributed by atoms with van der Waals surface area (Å²) in [6, 6.07) is 3.32. The van der Waals surface area contributed by atoms with Crippen LogP contribution in [0.2, 0.25) is 0 Å². The zero-order chi connectivity index (χ0) is 13.7. The molecule has 0 atom stereocenters. The third-order valence-corrected chi connectivity index (χ3v) is 2.43. The molecule has 0 saturated heterocycles. The lowest BCUT2D eigenvalue weighted by Crippen LogP contribution is -2.16. The summed E-state index contributed by atoms with van der Waals surface area (Å²) in [6.07, 6.45) is 0.644. The molecule has 0 aliphatic carbocycles. The zero-order valence-corrected chi connectivity index (χ0v) is 10.8. The van der Waals surface area contributed by atoms with E-state index in [1.54, 1.807) is 19.1 Å². The fourth-order valence-electron chi connectivity index (χ4n) is 1.53. The molecule has 102 valence electrons. The van der Waals surface area contributed by atoms with Crippen molar-refractivity contribution in [2.75, 3.05) is 13.7 Å². The molecule has 0 aliphatic rings. The lowest BCUT2D eigenvalue weighted by Gasteiger charge is -1.99. The topological polar surface area (TPSA) is 90.4 Å². The first-order chi connectivity index (χ1) is 9.19. The van der Waals surface area contributed by atoms with E-state index in [9.17, 15) is 4.79 Å². The van der Waals surface area contributed by atoms with E-state index in [2.05, 4.69) is 20.2 Å². The van der Waals surface area contributed by atoms with E-state index >= 15 is 0 Å². The number of methoxy groups -OCH3 is 1. The number of aromatic nitrogens is 2. The summed E-state index contributed by atoms with van der Waals surface area (Å²) >= 11 is 0. The largest absolute Gasteiger partial charge is 0.463 e. The summed E-state index contributed by atoms with van der Waals surface area (Å²) in [6.45, 7) is 2.97. The molecule has 2 aromatic heterocycles. The van der Waals surface area contributed by atoms with E-state index < -0.39 is 5.97 Å². The fraction of sp³-hybridized carbons (Fsp3) is 0.417. The van der Waals surface area contributed by atoms with E-state index in [-0.39, 0.29) is 5.76 Å². The highest BCUT2D eigenvalue weighted by Crippen LogP contribution is 2.08. The van der Waals surface area contributed by atoms with Gasteiger partial charge in [-0.2, -0.15) is 4.98 Å². The van der Waals surface area contributed by atoms with Gasteiger partial charge in [0.05, 0.1) is 13.7 Å². The number of nitrogens with zero attached hydrogens (tertiary/aromatic N) is 2. The lowest BCUT2D eigenvalue weighted by atomic mass is 10.4. The highest BCUT2D eigenvalue weighted by Gasteiger charge is 2.10. The van der Waals surface area contributed by atoms with E-state index in [1.165, 1.54) is 7.11 Å². The average molecular weight is 265 g/mol. The first-order valence-corrected chi connectivity index (χ1v) is 5.86. The first kappa shape index (κ1) is 13.3. The highest BCUT2D eigenvalue weighted by atomic mass is 16.5. The van der Waals surface area contributed by atoms with Crippen LogP contribution in [-0.2, 0) is 17.7 Å². The Kier molecular flexibility index (Phi) is 4.30. The SMILES string of the molecule is COC(=O)c1ccc(CNCCc2nc(C)no2)o1. The molecule has 0 aliphatic heterocycles. The van der Waals surface area contributed by atoms with Gasteiger partial charge in [-0.15, -0.1) is 0 Å². The van der Waals surface area contributed by atoms with Gasteiger partial charge in [-0.3, -0.25) is 0 Å². The van der Waals surface area contributed by atoms with Crippen LogP contribution in [0.4, 0.5) is 0 Å². The minimum Gasteiger partial charge on any atom is -0.463 e. The maximum absolute atomic E-state index is 11.2. The number of hydrogen-bond donors (Lipinski definition) is 1. The van der Waals surface area contributed by atoms with Crippen LogP contribution >= 0.6 is 0 Å². The van der Waals surface area contributed by atoms with Crippen molar-refractivity contribution in [2.45, 2.75) is 19.9 Å². The monoisotopic (exact) mass is 265 g/mol. The van der Waals surface area contributed by atoms with Crippen molar-refractivity contribution in [3.05, 3.63) is 35.4 Å². The maximum atomic E-state index is 11.2. The van der Waals surface area contributed by atoms with E-state index in [4.69, 9.17) is 8.94 Å². The van der Waals surface area contributed by atoms with Crippen LogP contribution in [0.15, 0.2) is 21.1 Å². The molecule has 0 saturated carbocycles. The van der Waals surface area contributed by atoms with Gasteiger partial charge in [-0.05, 0) is 19.1 Å². The van der Waals surface area contributed by atoms with Gasteiger partial charge in [0.2, 0.25) is 11.7 Å². The normalized spacial score (nSPS) is 10.6. The Morgan fingerprint density at radius 2 is 2.32 bits per heavy atom. The number of carbonyl (C=O) groups is 1. The second kappa shape index (κ2) is 6.14. The molecule has 19 heavy (non-hydrogen) atoms. The molecule has 0 bridgehead atoms. The van der Waals surface area contributed by atoms with Gasteiger partial charge in [0.25, 0.3) is 0 Å². The number of furan rings is 1. The van der Waals surface area contributed by atoms with Crippen molar-refractivity contribution in [1.82, 2.24) is 15.5 Å². The van der Waals surface area contributed by atoms with Gasteiger partial charge < -0.3 is 19.0 Å². The standard InChI is InChI=1S/C12H15N3O4/c1-8-14-11(19-15-8)5-6-13-7-9-3-4-10(18-9)12(16)17-2/h3-4,13H,5-7H2,1-2H3. The minimum atomic E-state index is -0.479. The van der Waals surface area contributed by atoms with Gasteiger partial charge in [0, 0.05) is 13.0 Å². The molecule has 0 spiro atoms. The number of ether oxygens (including phenoxy) is 1. The Balaban J connectivity index is 1.73. The van der Waals surface area contributed by atoms with Gasteiger partial charge in [-0.1, -0.05) is 5.16 Å². The van der Waals surface area contributed by atoms with Crippen molar-refractivity contribution in [3.8, 4) is 0 Å². The number of rotatable bonds is 6. The van der Waals surface area contributed by atoms with Crippen LogP contribution in [0, 0.1) is 6.92 Å². The predicted molar refractivity (Wildman–Crippen MR) is 64.5 cm³/mol. The summed E-state index contributed by atoms with van der Waals surface area (Å²) < 4.78 is 14.8. The second-order valence-corrected chi connectivity index (χ2v) is 3.92. The summed E-state index contributed by atoms with van der Waals surface area (Å²) in [4.78, 5) is 15.3. The Bertz CT molecular complexity index is 547. The van der Waals surface area contributed by atoms with Crippen LogP contribution in [0.1, 0.15) is 28.0 Å². The van der Waals surface area contributed by atoms with Crippen LogP contribution in [0.3, 0.4) is 0 Å². The zero-order valence-electron chi connectivity index (χ0n) is 10.8. The molecule has 2 aromatic rings. The van der Waals surface area contributed by atoms with Gasteiger partial charge >= 0.3 is 5.97 Å². The van der Waals surface area contributed by atoms with Crippen molar-refractivity contribution in [3.63, 3.8) is 0 Å². The Labute approximate surface area is 109 Å².